The standard InChI is InChI=1S/C5H10N2O/c1-5(6-7-5)3-2-4-8/h8H,2-4H2,1H3. The Labute approximate surface area is 48.4 Å². The molecule has 0 aromatic rings. The Balaban J connectivity index is 2.03. The van der Waals surface area contributed by atoms with Crippen molar-refractivity contribution in [3.63, 3.8) is 0 Å². The van der Waals surface area contributed by atoms with Crippen LogP contribution in [0.25, 0.3) is 0 Å². The predicted molar refractivity (Wildman–Crippen MR) is 29.6 cm³/mol. The molecular formula is C5H10N2O. The molecule has 3 nitrogen and oxygen atoms in total. The van der Waals surface area contributed by atoms with E-state index in [0.717, 1.165) is 12.8 Å². The summed E-state index contributed by atoms with van der Waals surface area (Å²) in [4.78, 5) is 0. The second-order valence-corrected chi connectivity index (χ2v) is 2.24. The Morgan fingerprint density at radius 2 is 2.12 bits per heavy atom. The van der Waals surface area contributed by atoms with Crippen LogP contribution < -0.4 is 0 Å². The highest BCUT2D eigenvalue weighted by molar-refractivity contribution is 4.87. The van der Waals surface area contributed by atoms with Crippen molar-refractivity contribution < 1.29 is 5.11 Å². The molecule has 1 aliphatic rings. The smallest absolute Gasteiger partial charge is 0.188 e. The van der Waals surface area contributed by atoms with Crippen LogP contribution in [0.4, 0.5) is 0 Å². The van der Waals surface area contributed by atoms with E-state index in [4.69, 9.17) is 5.11 Å². The van der Waals surface area contributed by atoms with Crippen molar-refractivity contribution in [1.82, 2.24) is 0 Å². The summed E-state index contributed by atoms with van der Waals surface area (Å²) in [6, 6.07) is 0. The number of aliphatic hydroxyl groups is 1. The third-order valence-corrected chi connectivity index (χ3v) is 1.25. The van der Waals surface area contributed by atoms with Crippen molar-refractivity contribution in [3.8, 4) is 0 Å². The lowest BCUT2D eigenvalue weighted by Crippen LogP contribution is -2.03. The summed E-state index contributed by atoms with van der Waals surface area (Å²) in [6.07, 6.45) is 1.70. The number of hydrogen-bond acceptors (Lipinski definition) is 3. The fraction of sp³-hybridized carbons (Fsp3) is 1.00. The predicted octanol–water partition coefficient (Wildman–Crippen LogP) is 0.941. The van der Waals surface area contributed by atoms with Gasteiger partial charge < -0.3 is 5.11 Å². The van der Waals surface area contributed by atoms with Gasteiger partial charge in [-0.15, -0.1) is 0 Å². The van der Waals surface area contributed by atoms with Gasteiger partial charge in [0.05, 0.1) is 0 Å². The lowest BCUT2D eigenvalue weighted by molar-refractivity contribution is 0.277. The van der Waals surface area contributed by atoms with Gasteiger partial charge in [-0.25, -0.2) is 0 Å². The van der Waals surface area contributed by atoms with E-state index in [1.807, 2.05) is 6.92 Å². The molecule has 0 aromatic carbocycles. The minimum Gasteiger partial charge on any atom is -0.396 e. The summed E-state index contributed by atoms with van der Waals surface area (Å²) in [5, 5.41) is 15.9. The van der Waals surface area contributed by atoms with Gasteiger partial charge in [-0.05, 0) is 19.8 Å². The molecule has 8 heavy (non-hydrogen) atoms. The van der Waals surface area contributed by atoms with Crippen molar-refractivity contribution >= 4 is 0 Å². The first kappa shape index (κ1) is 5.69. The molecule has 0 radical (unpaired) electrons. The van der Waals surface area contributed by atoms with Crippen LogP contribution in [0.3, 0.4) is 0 Å². The van der Waals surface area contributed by atoms with Gasteiger partial charge >= 0.3 is 0 Å². The van der Waals surface area contributed by atoms with Gasteiger partial charge in [0.25, 0.3) is 0 Å². The zero-order chi connectivity index (χ0) is 6.04. The van der Waals surface area contributed by atoms with Crippen LogP contribution in [0.5, 0.6) is 0 Å². The second kappa shape index (κ2) is 1.82. The average Bonchev–Trinajstić information content (AvgIpc) is 2.45. The lowest BCUT2D eigenvalue weighted by Gasteiger charge is -1.98. The van der Waals surface area contributed by atoms with E-state index in [9.17, 15) is 0 Å². The highest BCUT2D eigenvalue weighted by Crippen LogP contribution is 2.31. The molecule has 0 saturated heterocycles. The Hall–Kier alpha value is -0.440. The molecule has 1 N–H and O–H groups in total. The lowest BCUT2D eigenvalue weighted by atomic mass is 10.1. The van der Waals surface area contributed by atoms with Crippen molar-refractivity contribution in [2.24, 2.45) is 10.2 Å². The Kier molecular flexibility index (Phi) is 1.29. The maximum Gasteiger partial charge on any atom is 0.188 e. The van der Waals surface area contributed by atoms with Gasteiger partial charge in [0.1, 0.15) is 0 Å². The highest BCUT2D eigenvalue weighted by Gasteiger charge is 2.32. The fourth-order valence-corrected chi connectivity index (χ4v) is 0.599. The molecule has 0 aromatic heterocycles. The first-order valence-electron chi connectivity index (χ1n) is 2.82. The Morgan fingerprint density at radius 1 is 1.50 bits per heavy atom. The van der Waals surface area contributed by atoms with Gasteiger partial charge in [0.2, 0.25) is 0 Å². The molecule has 0 amide bonds. The molecule has 0 aliphatic carbocycles. The van der Waals surface area contributed by atoms with Gasteiger partial charge in [-0.3, -0.25) is 0 Å². The molecular weight excluding hydrogens is 104 g/mol. The van der Waals surface area contributed by atoms with Crippen LogP contribution in [0.1, 0.15) is 19.8 Å². The van der Waals surface area contributed by atoms with Gasteiger partial charge in [0, 0.05) is 6.61 Å². The van der Waals surface area contributed by atoms with E-state index in [2.05, 4.69) is 10.2 Å². The molecule has 0 unspecified atom stereocenters. The van der Waals surface area contributed by atoms with E-state index in [-0.39, 0.29) is 12.3 Å². The summed E-state index contributed by atoms with van der Waals surface area (Å²) >= 11 is 0. The summed E-state index contributed by atoms with van der Waals surface area (Å²) in [6.45, 7) is 2.21. The quantitative estimate of drug-likeness (QED) is 0.583. The number of rotatable bonds is 3. The van der Waals surface area contributed by atoms with E-state index >= 15 is 0 Å². The van der Waals surface area contributed by atoms with Crippen LogP contribution >= 0.6 is 0 Å². The third kappa shape index (κ3) is 1.26. The van der Waals surface area contributed by atoms with Crippen molar-refractivity contribution in [1.29, 1.82) is 0 Å². The van der Waals surface area contributed by atoms with Crippen LogP contribution in [-0.4, -0.2) is 17.4 Å². The summed E-state index contributed by atoms with van der Waals surface area (Å²) < 4.78 is 0. The average molecular weight is 114 g/mol. The zero-order valence-electron chi connectivity index (χ0n) is 4.96. The summed E-state index contributed by atoms with van der Waals surface area (Å²) in [7, 11) is 0. The van der Waals surface area contributed by atoms with Crippen molar-refractivity contribution in [3.05, 3.63) is 0 Å². The topological polar surface area (TPSA) is 45.0 Å². The molecule has 1 aliphatic heterocycles. The van der Waals surface area contributed by atoms with Crippen LogP contribution in [0.15, 0.2) is 10.2 Å². The maximum atomic E-state index is 8.37. The summed E-state index contributed by atoms with van der Waals surface area (Å²) in [5.41, 5.74) is -0.108. The molecule has 1 rings (SSSR count). The normalized spacial score (nSPS) is 21.2. The number of hydrogen-bond donors (Lipinski definition) is 1. The molecule has 46 valence electrons. The first-order valence-corrected chi connectivity index (χ1v) is 2.82. The maximum absolute atomic E-state index is 8.37. The van der Waals surface area contributed by atoms with Crippen molar-refractivity contribution in [2.45, 2.75) is 25.4 Å². The second-order valence-electron chi connectivity index (χ2n) is 2.24. The monoisotopic (exact) mass is 114 g/mol. The number of nitrogens with zero attached hydrogens (tertiary/aromatic N) is 2. The summed E-state index contributed by atoms with van der Waals surface area (Å²) in [5.74, 6) is 0. The molecule has 3 heteroatoms. The molecule has 0 atom stereocenters. The van der Waals surface area contributed by atoms with E-state index < -0.39 is 0 Å². The van der Waals surface area contributed by atoms with Crippen LogP contribution in [-0.2, 0) is 0 Å². The molecule has 0 spiro atoms. The van der Waals surface area contributed by atoms with Crippen LogP contribution in [0, 0.1) is 0 Å². The molecule has 1 heterocycles. The minimum absolute atomic E-state index is 0.108. The molecule has 0 bridgehead atoms. The fourth-order valence-electron chi connectivity index (χ4n) is 0.599. The largest absolute Gasteiger partial charge is 0.396 e. The SMILES string of the molecule is CC1(CCCO)N=N1. The molecule has 0 saturated carbocycles. The Morgan fingerprint density at radius 3 is 2.50 bits per heavy atom. The minimum atomic E-state index is -0.108. The number of aliphatic hydroxyl groups excluding tert-OH is 1. The van der Waals surface area contributed by atoms with Gasteiger partial charge in [-0.2, -0.15) is 10.2 Å². The first-order chi connectivity index (χ1) is 3.77. The van der Waals surface area contributed by atoms with Crippen molar-refractivity contribution in [2.75, 3.05) is 6.61 Å². The van der Waals surface area contributed by atoms with Gasteiger partial charge in [0.15, 0.2) is 5.66 Å². The van der Waals surface area contributed by atoms with E-state index in [1.165, 1.54) is 0 Å². The zero-order valence-corrected chi connectivity index (χ0v) is 4.96. The van der Waals surface area contributed by atoms with E-state index in [1.54, 1.807) is 0 Å². The van der Waals surface area contributed by atoms with Crippen LogP contribution in [0.2, 0.25) is 0 Å². The van der Waals surface area contributed by atoms with E-state index in [0.29, 0.717) is 0 Å². The molecule has 0 fully saturated rings. The third-order valence-electron chi connectivity index (χ3n) is 1.25. The Bertz CT molecular complexity index is 105. The van der Waals surface area contributed by atoms with Gasteiger partial charge in [-0.1, -0.05) is 0 Å². The highest BCUT2D eigenvalue weighted by atomic mass is 16.2.